The van der Waals surface area contributed by atoms with Gasteiger partial charge in [0.25, 0.3) is 0 Å². The van der Waals surface area contributed by atoms with Crippen LogP contribution in [0.3, 0.4) is 0 Å². The van der Waals surface area contributed by atoms with Crippen LogP contribution in [0.2, 0.25) is 0 Å². The summed E-state index contributed by atoms with van der Waals surface area (Å²) in [5.41, 5.74) is 1.08. The zero-order chi connectivity index (χ0) is 10.9. The Balaban J connectivity index is 2.32. The van der Waals surface area contributed by atoms with Crippen LogP contribution in [0.15, 0.2) is 30.3 Å². The highest BCUT2D eigenvalue weighted by molar-refractivity contribution is 5.61. The summed E-state index contributed by atoms with van der Waals surface area (Å²) < 4.78 is 0. The molecule has 0 spiro atoms. The predicted molar refractivity (Wildman–Crippen MR) is 61.8 cm³/mol. The van der Waals surface area contributed by atoms with E-state index >= 15 is 0 Å². The Kier molecular flexibility index (Phi) is 2.64. The monoisotopic (exact) mass is 202 g/mol. The second-order valence-corrected chi connectivity index (χ2v) is 5.17. The zero-order valence-corrected chi connectivity index (χ0v) is 9.44. The van der Waals surface area contributed by atoms with E-state index in [4.69, 9.17) is 0 Å². The molecule has 1 aliphatic rings. The molecule has 0 saturated heterocycles. The first-order valence-corrected chi connectivity index (χ1v) is 5.66. The minimum Gasteiger partial charge on any atom is -0.303 e. The molecule has 1 nitrogen and oxygen atoms in total. The zero-order valence-electron chi connectivity index (χ0n) is 9.44. The number of carbonyl (C=O) groups is 1. The number of hydrogen-bond donors (Lipinski definition) is 0. The van der Waals surface area contributed by atoms with E-state index in [0.717, 1.165) is 6.29 Å². The van der Waals surface area contributed by atoms with Crippen molar-refractivity contribution in [3.8, 4) is 0 Å². The van der Waals surface area contributed by atoms with Gasteiger partial charge in [0.15, 0.2) is 0 Å². The van der Waals surface area contributed by atoms with Gasteiger partial charge in [0.05, 0.1) is 0 Å². The minimum absolute atomic E-state index is 0.234. The van der Waals surface area contributed by atoms with Crippen LogP contribution in [0, 0.1) is 11.3 Å². The lowest BCUT2D eigenvalue weighted by Crippen LogP contribution is -2.25. The van der Waals surface area contributed by atoms with Crippen molar-refractivity contribution in [2.45, 2.75) is 32.6 Å². The largest absolute Gasteiger partial charge is 0.303 e. The lowest BCUT2D eigenvalue weighted by molar-refractivity contribution is -0.116. The van der Waals surface area contributed by atoms with Crippen molar-refractivity contribution in [3.63, 3.8) is 0 Å². The molecular weight excluding hydrogens is 184 g/mol. The maximum absolute atomic E-state index is 11.2. The Labute approximate surface area is 91.5 Å². The highest BCUT2D eigenvalue weighted by Crippen LogP contribution is 2.50. The lowest BCUT2D eigenvalue weighted by atomic mass is 9.73. The predicted octanol–water partition coefficient (Wildman–Crippen LogP) is 3.41. The molecule has 1 fully saturated rings. The highest BCUT2D eigenvalue weighted by atomic mass is 16.1. The van der Waals surface area contributed by atoms with Crippen LogP contribution in [0.4, 0.5) is 0 Å². The van der Waals surface area contributed by atoms with Gasteiger partial charge in [-0.15, -0.1) is 0 Å². The van der Waals surface area contributed by atoms with E-state index in [9.17, 15) is 4.79 Å². The van der Waals surface area contributed by atoms with E-state index in [1.54, 1.807) is 0 Å². The molecule has 80 valence electrons. The summed E-state index contributed by atoms with van der Waals surface area (Å²) >= 11 is 0. The van der Waals surface area contributed by atoms with Gasteiger partial charge in [0.1, 0.15) is 6.29 Å². The molecule has 1 atom stereocenters. The molecule has 0 amide bonds. The molecule has 0 bridgehead atoms. The van der Waals surface area contributed by atoms with Gasteiger partial charge in [-0.3, -0.25) is 0 Å². The van der Waals surface area contributed by atoms with Crippen LogP contribution >= 0.6 is 0 Å². The van der Waals surface area contributed by atoms with Crippen LogP contribution in [-0.2, 0) is 4.79 Å². The van der Waals surface area contributed by atoms with Crippen LogP contribution in [0.1, 0.15) is 38.2 Å². The third kappa shape index (κ3) is 2.11. The topological polar surface area (TPSA) is 17.1 Å². The van der Waals surface area contributed by atoms with Crippen LogP contribution in [-0.4, -0.2) is 6.29 Å². The Morgan fingerprint density at radius 2 is 1.87 bits per heavy atom. The maximum Gasteiger partial charge on any atom is 0.126 e. The normalized spacial score (nSPS) is 18.5. The molecule has 1 heteroatoms. The van der Waals surface area contributed by atoms with Crippen molar-refractivity contribution >= 4 is 6.29 Å². The molecule has 1 aromatic rings. The van der Waals surface area contributed by atoms with Gasteiger partial charge >= 0.3 is 0 Å². The fraction of sp³-hybridized carbons (Fsp3) is 0.500. The van der Waals surface area contributed by atoms with Crippen molar-refractivity contribution in [2.75, 3.05) is 0 Å². The van der Waals surface area contributed by atoms with E-state index < -0.39 is 0 Å². The Morgan fingerprint density at radius 1 is 1.27 bits per heavy atom. The van der Waals surface area contributed by atoms with Crippen LogP contribution < -0.4 is 0 Å². The Hall–Kier alpha value is -1.11. The van der Waals surface area contributed by atoms with Crippen LogP contribution in [0.5, 0.6) is 0 Å². The first-order valence-electron chi connectivity index (χ1n) is 5.66. The first-order chi connectivity index (χ1) is 7.15. The van der Waals surface area contributed by atoms with Gasteiger partial charge in [-0.25, -0.2) is 0 Å². The molecule has 0 aromatic heterocycles. The molecule has 1 saturated carbocycles. The van der Waals surface area contributed by atoms with Crippen molar-refractivity contribution in [1.82, 2.24) is 0 Å². The van der Waals surface area contributed by atoms with Gasteiger partial charge < -0.3 is 4.79 Å². The minimum atomic E-state index is -0.234. The molecule has 0 heterocycles. The second-order valence-electron chi connectivity index (χ2n) is 5.17. The average Bonchev–Trinajstić information content (AvgIpc) is 3.04. The summed E-state index contributed by atoms with van der Waals surface area (Å²) in [5, 5.41) is 0. The highest BCUT2D eigenvalue weighted by Gasteiger charge is 2.41. The fourth-order valence-corrected chi connectivity index (χ4v) is 2.47. The molecule has 0 radical (unpaired) electrons. The number of carbonyl (C=O) groups excluding carboxylic acids is 1. The van der Waals surface area contributed by atoms with E-state index in [0.29, 0.717) is 11.8 Å². The number of hydrogen-bond acceptors (Lipinski definition) is 1. The van der Waals surface area contributed by atoms with Gasteiger partial charge in [-0.2, -0.15) is 0 Å². The third-order valence-corrected chi connectivity index (χ3v) is 3.36. The molecule has 2 rings (SSSR count). The molecule has 0 N–H and O–H groups in total. The number of rotatable bonds is 4. The summed E-state index contributed by atoms with van der Waals surface area (Å²) in [6, 6.07) is 10.4. The van der Waals surface area contributed by atoms with Gasteiger partial charge in [-0.05, 0) is 30.2 Å². The summed E-state index contributed by atoms with van der Waals surface area (Å²) in [4.78, 5) is 11.2. The Bertz CT molecular complexity index is 336. The quantitative estimate of drug-likeness (QED) is 0.684. The first kappa shape index (κ1) is 10.4. The average molecular weight is 202 g/mol. The summed E-state index contributed by atoms with van der Waals surface area (Å²) in [7, 11) is 0. The van der Waals surface area contributed by atoms with E-state index in [2.05, 4.69) is 38.1 Å². The Morgan fingerprint density at radius 3 is 2.33 bits per heavy atom. The maximum atomic E-state index is 11.2. The molecule has 1 unspecified atom stereocenters. The molecular formula is C14H18O. The lowest BCUT2D eigenvalue weighted by Gasteiger charge is -2.29. The second kappa shape index (κ2) is 3.80. The van der Waals surface area contributed by atoms with Crippen molar-refractivity contribution in [3.05, 3.63) is 35.9 Å². The molecule has 1 aliphatic carbocycles. The molecule has 1 aromatic carbocycles. The van der Waals surface area contributed by atoms with Crippen molar-refractivity contribution in [1.29, 1.82) is 0 Å². The number of aldehydes is 1. The summed E-state index contributed by atoms with van der Waals surface area (Å²) in [5.74, 6) is 1.11. The van der Waals surface area contributed by atoms with E-state index in [1.165, 1.54) is 18.4 Å². The molecule has 0 aliphatic heterocycles. The van der Waals surface area contributed by atoms with Crippen molar-refractivity contribution in [2.24, 2.45) is 11.3 Å². The van der Waals surface area contributed by atoms with Gasteiger partial charge in [-0.1, -0.05) is 44.2 Å². The van der Waals surface area contributed by atoms with Gasteiger partial charge in [0, 0.05) is 5.41 Å². The van der Waals surface area contributed by atoms with E-state index in [-0.39, 0.29) is 5.41 Å². The fourth-order valence-electron chi connectivity index (χ4n) is 2.47. The SMILES string of the molecule is CC(C)(C=O)C(c1ccccc1)C1CC1. The van der Waals surface area contributed by atoms with Crippen LogP contribution in [0.25, 0.3) is 0 Å². The summed E-state index contributed by atoms with van der Waals surface area (Å²) in [6.45, 7) is 4.10. The summed E-state index contributed by atoms with van der Waals surface area (Å²) in [6.07, 6.45) is 3.66. The molecule has 15 heavy (non-hydrogen) atoms. The standard InChI is InChI=1S/C14H18O/c1-14(2,10-15)13(12-8-9-12)11-6-4-3-5-7-11/h3-7,10,12-13H,8-9H2,1-2H3. The van der Waals surface area contributed by atoms with E-state index in [1.807, 2.05) is 6.07 Å². The number of benzene rings is 1. The van der Waals surface area contributed by atoms with Gasteiger partial charge in [0.2, 0.25) is 0 Å². The third-order valence-electron chi connectivity index (χ3n) is 3.36. The van der Waals surface area contributed by atoms with Crippen molar-refractivity contribution < 1.29 is 4.79 Å². The smallest absolute Gasteiger partial charge is 0.126 e.